The molecule has 1 spiro atoms. The summed E-state index contributed by atoms with van der Waals surface area (Å²) in [6, 6.07) is 3.62. The molecule has 3 rings (SSSR count). The van der Waals surface area contributed by atoms with Crippen LogP contribution in [0.4, 0.5) is 10.5 Å². The molecule has 4 amide bonds. The van der Waals surface area contributed by atoms with Crippen molar-refractivity contribution in [2.75, 3.05) is 6.61 Å². The fraction of sp³-hybridized carbons (Fsp3) is 0.500. The Morgan fingerprint density at radius 2 is 2.07 bits per heavy atom. The van der Waals surface area contributed by atoms with Gasteiger partial charge in [-0.2, -0.15) is 5.01 Å². The summed E-state index contributed by atoms with van der Waals surface area (Å²) in [6.07, 6.45) is 2.72. The summed E-state index contributed by atoms with van der Waals surface area (Å²) in [4.78, 5) is 47.5. The van der Waals surface area contributed by atoms with Crippen LogP contribution in [0.3, 0.4) is 0 Å². The molecule has 1 heterocycles. The normalized spacial score (nSPS) is 24.2. The van der Waals surface area contributed by atoms with Crippen LogP contribution >= 0.6 is 0 Å². The monoisotopic (exact) mass is 390 g/mol. The molecule has 1 aliphatic heterocycles. The van der Waals surface area contributed by atoms with Crippen molar-refractivity contribution in [2.45, 2.75) is 45.1 Å². The van der Waals surface area contributed by atoms with Gasteiger partial charge in [-0.15, -0.1) is 0 Å². The lowest BCUT2D eigenvalue weighted by Gasteiger charge is -2.33. The Morgan fingerprint density at radius 1 is 1.39 bits per heavy atom. The van der Waals surface area contributed by atoms with Crippen LogP contribution < -0.4 is 15.5 Å². The molecule has 2 fully saturated rings. The molecule has 0 bridgehead atoms. The number of amides is 4. The van der Waals surface area contributed by atoms with Gasteiger partial charge in [0.25, 0.3) is 17.5 Å². The van der Waals surface area contributed by atoms with Crippen molar-refractivity contribution in [3.05, 3.63) is 33.9 Å². The number of carbonyl (C=O) groups is 3. The maximum Gasteiger partial charge on any atom is 0.344 e. The number of imide groups is 1. The molecule has 0 aromatic heterocycles. The topological polar surface area (TPSA) is 131 Å². The third kappa shape index (κ3) is 3.62. The number of nitro benzene ring substituents is 1. The largest absolute Gasteiger partial charge is 0.483 e. The molecule has 10 heteroatoms. The number of carbonyl (C=O) groups excluding carboxylic acids is 3. The molecule has 1 aliphatic carbocycles. The van der Waals surface area contributed by atoms with Crippen LogP contribution in [0, 0.1) is 23.0 Å². The van der Waals surface area contributed by atoms with Gasteiger partial charge in [-0.05, 0) is 44.6 Å². The van der Waals surface area contributed by atoms with Crippen LogP contribution in [0.2, 0.25) is 0 Å². The van der Waals surface area contributed by atoms with Crippen LogP contribution in [0.5, 0.6) is 5.75 Å². The van der Waals surface area contributed by atoms with Gasteiger partial charge in [0.1, 0.15) is 11.3 Å². The van der Waals surface area contributed by atoms with E-state index >= 15 is 0 Å². The van der Waals surface area contributed by atoms with Crippen molar-refractivity contribution in [1.82, 2.24) is 15.8 Å². The second kappa shape index (κ2) is 7.45. The van der Waals surface area contributed by atoms with Gasteiger partial charge < -0.3 is 10.1 Å². The van der Waals surface area contributed by atoms with E-state index in [4.69, 9.17) is 4.74 Å². The number of benzene rings is 1. The summed E-state index contributed by atoms with van der Waals surface area (Å²) in [5, 5.41) is 14.4. The van der Waals surface area contributed by atoms with Gasteiger partial charge in [0.15, 0.2) is 6.61 Å². The van der Waals surface area contributed by atoms with Gasteiger partial charge in [0.2, 0.25) is 0 Å². The van der Waals surface area contributed by atoms with E-state index in [1.807, 2.05) is 0 Å². The van der Waals surface area contributed by atoms with E-state index in [0.29, 0.717) is 23.8 Å². The van der Waals surface area contributed by atoms with Gasteiger partial charge in [-0.1, -0.05) is 13.0 Å². The van der Waals surface area contributed by atoms with Gasteiger partial charge in [0.05, 0.1) is 10.5 Å². The zero-order valence-corrected chi connectivity index (χ0v) is 15.7. The molecule has 0 radical (unpaired) electrons. The molecule has 1 saturated carbocycles. The van der Waals surface area contributed by atoms with Crippen molar-refractivity contribution < 1.29 is 24.0 Å². The van der Waals surface area contributed by atoms with E-state index in [1.165, 1.54) is 25.1 Å². The zero-order valence-electron chi connectivity index (χ0n) is 15.7. The maximum absolute atomic E-state index is 12.7. The molecule has 2 N–H and O–H groups in total. The van der Waals surface area contributed by atoms with Crippen LogP contribution in [0.15, 0.2) is 18.2 Å². The lowest BCUT2D eigenvalue weighted by atomic mass is 9.77. The minimum Gasteiger partial charge on any atom is -0.483 e. The number of urea groups is 1. The second-order valence-electron chi connectivity index (χ2n) is 7.32. The molecular formula is C18H22N4O6. The quantitative estimate of drug-likeness (QED) is 0.448. The van der Waals surface area contributed by atoms with Crippen LogP contribution in [0.25, 0.3) is 0 Å². The van der Waals surface area contributed by atoms with Crippen LogP contribution in [0.1, 0.15) is 38.2 Å². The van der Waals surface area contributed by atoms with Gasteiger partial charge in [0, 0.05) is 6.07 Å². The highest BCUT2D eigenvalue weighted by Gasteiger charge is 2.52. The Morgan fingerprint density at radius 3 is 2.71 bits per heavy atom. The Balaban J connectivity index is 1.61. The first-order valence-corrected chi connectivity index (χ1v) is 9.06. The summed E-state index contributed by atoms with van der Waals surface area (Å²) in [6.45, 7) is 3.11. The smallest absolute Gasteiger partial charge is 0.344 e. The predicted octanol–water partition coefficient (Wildman–Crippen LogP) is 1.81. The third-order valence-corrected chi connectivity index (χ3v) is 5.34. The Hall–Kier alpha value is -3.17. The van der Waals surface area contributed by atoms with E-state index in [2.05, 4.69) is 17.7 Å². The molecule has 1 aromatic rings. The number of hydrogen-bond acceptors (Lipinski definition) is 6. The number of nitro groups is 1. The summed E-state index contributed by atoms with van der Waals surface area (Å²) in [5.41, 5.74) is 1.47. The fourth-order valence-corrected chi connectivity index (χ4v) is 3.57. The highest BCUT2D eigenvalue weighted by Crippen LogP contribution is 2.35. The minimum absolute atomic E-state index is 0.125. The standard InChI is InChI=1S/C18H22N4O6/c1-11-6-8-18(9-7-11)16(24)21(17(25)19-18)20-15(23)10-28-14-5-3-4-13(12(14)2)22(26)27/h3-5,11H,6-10H2,1-2H3,(H,19,25)(H,20,23). The maximum atomic E-state index is 12.7. The molecule has 0 unspecified atom stereocenters. The molecule has 2 aliphatic rings. The predicted molar refractivity (Wildman–Crippen MR) is 97.2 cm³/mol. The van der Waals surface area contributed by atoms with Crippen molar-refractivity contribution in [3.8, 4) is 5.75 Å². The highest BCUT2D eigenvalue weighted by molar-refractivity contribution is 6.08. The van der Waals surface area contributed by atoms with Crippen molar-refractivity contribution in [3.63, 3.8) is 0 Å². The number of rotatable bonds is 5. The van der Waals surface area contributed by atoms with Crippen LogP contribution in [-0.4, -0.2) is 39.9 Å². The first-order chi connectivity index (χ1) is 13.2. The molecular weight excluding hydrogens is 368 g/mol. The lowest BCUT2D eigenvalue weighted by molar-refractivity contribution is -0.385. The van der Waals surface area contributed by atoms with E-state index < -0.39 is 34.9 Å². The number of ether oxygens (including phenoxy) is 1. The van der Waals surface area contributed by atoms with E-state index in [-0.39, 0.29) is 17.0 Å². The lowest BCUT2D eigenvalue weighted by Crippen LogP contribution is -2.52. The van der Waals surface area contributed by atoms with E-state index in [0.717, 1.165) is 12.8 Å². The molecule has 1 aromatic carbocycles. The second-order valence-corrected chi connectivity index (χ2v) is 7.32. The SMILES string of the molecule is Cc1c(OCC(=O)NN2C(=O)NC3(CCC(C)CC3)C2=O)cccc1[N+](=O)[O-]. The average Bonchev–Trinajstić information content (AvgIpc) is 2.87. The summed E-state index contributed by atoms with van der Waals surface area (Å²) < 4.78 is 5.34. The molecule has 10 nitrogen and oxygen atoms in total. The number of hydrazine groups is 1. The first-order valence-electron chi connectivity index (χ1n) is 9.06. The molecule has 0 atom stereocenters. The van der Waals surface area contributed by atoms with E-state index in [1.54, 1.807) is 0 Å². The first kappa shape index (κ1) is 19.6. The summed E-state index contributed by atoms with van der Waals surface area (Å²) in [7, 11) is 0. The van der Waals surface area contributed by atoms with Gasteiger partial charge >= 0.3 is 6.03 Å². The third-order valence-electron chi connectivity index (χ3n) is 5.34. The van der Waals surface area contributed by atoms with Crippen molar-refractivity contribution in [2.24, 2.45) is 5.92 Å². The Kier molecular flexibility index (Phi) is 5.21. The van der Waals surface area contributed by atoms with Crippen molar-refractivity contribution in [1.29, 1.82) is 0 Å². The Bertz CT molecular complexity index is 831. The molecule has 150 valence electrons. The Labute approximate surface area is 161 Å². The number of nitrogens with one attached hydrogen (secondary N) is 2. The zero-order chi connectivity index (χ0) is 20.5. The van der Waals surface area contributed by atoms with Gasteiger partial charge in [-0.25, -0.2) is 4.79 Å². The summed E-state index contributed by atoms with van der Waals surface area (Å²) in [5.74, 6) is -0.510. The van der Waals surface area contributed by atoms with E-state index in [9.17, 15) is 24.5 Å². The number of hydrogen-bond donors (Lipinski definition) is 2. The fourth-order valence-electron chi connectivity index (χ4n) is 3.57. The van der Waals surface area contributed by atoms with Crippen LogP contribution in [-0.2, 0) is 9.59 Å². The average molecular weight is 390 g/mol. The molecule has 1 saturated heterocycles. The number of nitrogens with zero attached hydrogens (tertiary/aromatic N) is 2. The highest BCUT2D eigenvalue weighted by atomic mass is 16.6. The molecule has 28 heavy (non-hydrogen) atoms. The van der Waals surface area contributed by atoms with Crippen molar-refractivity contribution >= 4 is 23.5 Å². The van der Waals surface area contributed by atoms with Gasteiger partial charge in [-0.3, -0.25) is 25.1 Å². The summed E-state index contributed by atoms with van der Waals surface area (Å²) >= 11 is 0. The minimum atomic E-state index is -0.950.